The summed E-state index contributed by atoms with van der Waals surface area (Å²) in [6, 6.07) is 6.73. The van der Waals surface area contributed by atoms with Gasteiger partial charge in [0, 0.05) is 24.2 Å². The number of anilines is 3. The van der Waals surface area contributed by atoms with E-state index in [2.05, 4.69) is 15.3 Å². The fourth-order valence-electron chi connectivity index (χ4n) is 3.68. The first-order valence-corrected chi connectivity index (χ1v) is 11.2. The van der Waals surface area contributed by atoms with Crippen molar-refractivity contribution in [2.24, 2.45) is 0 Å². The van der Waals surface area contributed by atoms with Crippen LogP contribution in [0.3, 0.4) is 0 Å². The molecule has 4 aromatic rings. The molecule has 198 valence electrons. The molecule has 4 rings (SSSR count). The summed E-state index contributed by atoms with van der Waals surface area (Å²) in [6.07, 6.45) is -2.70. The summed E-state index contributed by atoms with van der Waals surface area (Å²) in [5.41, 5.74) is -1.22. The normalized spacial score (nSPS) is 11.3. The van der Waals surface area contributed by atoms with Gasteiger partial charge in [-0.15, -0.1) is 0 Å². The van der Waals surface area contributed by atoms with Gasteiger partial charge in [0.2, 0.25) is 5.88 Å². The number of hydrogen-bond acceptors (Lipinski definition) is 7. The number of rotatable bonds is 6. The summed E-state index contributed by atoms with van der Waals surface area (Å²) in [5.74, 6) is -1.87. The van der Waals surface area contributed by atoms with Crippen LogP contribution in [-0.4, -0.2) is 35.4 Å². The molecule has 0 saturated carbocycles. The van der Waals surface area contributed by atoms with Crippen molar-refractivity contribution in [3.05, 3.63) is 66.4 Å². The topological polar surface area (TPSA) is 107 Å². The Balaban J connectivity index is 2.02. The van der Waals surface area contributed by atoms with Crippen LogP contribution in [0.4, 0.5) is 44.4 Å². The number of carbonyl (C=O) groups excluding carboxylic acids is 2. The number of aromatic nitrogens is 2. The van der Waals surface area contributed by atoms with Gasteiger partial charge in [-0.05, 0) is 50.2 Å². The van der Waals surface area contributed by atoms with Gasteiger partial charge < -0.3 is 13.9 Å². The van der Waals surface area contributed by atoms with E-state index in [0.717, 1.165) is 11.0 Å². The van der Waals surface area contributed by atoms with E-state index in [4.69, 9.17) is 13.9 Å². The monoisotopic (exact) mass is 532 g/mol. The summed E-state index contributed by atoms with van der Waals surface area (Å²) in [7, 11) is 0. The molecule has 9 nitrogen and oxygen atoms in total. The van der Waals surface area contributed by atoms with Gasteiger partial charge >= 0.3 is 18.4 Å². The second-order valence-electron chi connectivity index (χ2n) is 7.59. The molecule has 0 atom stereocenters. The number of benzene rings is 1. The second kappa shape index (κ2) is 10.7. The van der Waals surface area contributed by atoms with E-state index in [9.17, 15) is 27.2 Å². The number of carbonyl (C=O) groups is 2. The van der Waals surface area contributed by atoms with Crippen molar-refractivity contribution in [3.63, 3.8) is 0 Å². The molecule has 0 aliphatic rings. The molecule has 2 amide bonds. The minimum absolute atomic E-state index is 0.000286. The molecule has 0 saturated heterocycles. The predicted molar refractivity (Wildman–Crippen MR) is 128 cm³/mol. The fourth-order valence-corrected chi connectivity index (χ4v) is 3.68. The second-order valence-corrected chi connectivity index (χ2v) is 7.59. The molecule has 0 aliphatic carbocycles. The average molecular weight is 532 g/mol. The lowest BCUT2D eigenvalue weighted by Crippen LogP contribution is -2.28. The first-order chi connectivity index (χ1) is 18.2. The Morgan fingerprint density at radius 3 is 2.39 bits per heavy atom. The lowest BCUT2D eigenvalue weighted by molar-refractivity contribution is -0.139. The Hall–Kier alpha value is -4.68. The maximum atomic E-state index is 14.1. The average Bonchev–Trinajstić information content (AvgIpc) is 3.23. The zero-order chi connectivity index (χ0) is 27.4. The number of hydrogen-bond donors (Lipinski definition) is 1. The van der Waals surface area contributed by atoms with Gasteiger partial charge in [-0.3, -0.25) is 15.3 Å². The van der Waals surface area contributed by atoms with Crippen molar-refractivity contribution in [3.8, 4) is 11.3 Å². The molecule has 38 heavy (non-hydrogen) atoms. The molecule has 0 spiro atoms. The molecule has 3 heterocycles. The largest absolute Gasteiger partial charge is 0.450 e. The Bertz CT molecular complexity index is 1470. The lowest BCUT2D eigenvalue weighted by atomic mass is 10.1. The molecule has 3 aromatic heterocycles. The fraction of sp³-hybridized carbons (Fsp3) is 0.200. The highest BCUT2D eigenvalue weighted by Gasteiger charge is 2.37. The number of ether oxygens (including phenoxy) is 2. The van der Waals surface area contributed by atoms with E-state index < -0.39 is 35.4 Å². The smallest absolute Gasteiger partial charge is 0.419 e. The summed E-state index contributed by atoms with van der Waals surface area (Å²) in [5, 5.41) is 2.55. The van der Waals surface area contributed by atoms with Crippen molar-refractivity contribution < 1.29 is 41.0 Å². The summed E-state index contributed by atoms with van der Waals surface area (Å²) >= 11 is 0. The molecule has 13 heteroatoms. The number of nitrogens with one attached hydrogen (secondary N) is 1. The highest BCUT2D eigenvalue weighted by atomic mass is 19.4. The first kappa shape index (κ1) is 26.4. The third-order valence-corrected chi connectivity index (χ3v) is 5.21. The van der Waals surface area contributed by atoms with Crippen LogP contribution in [0.5, 0.6) is 0 Å². The number of alkyl halides is 3. The molecule has 0 fully saturated rings. The van der Waals surface area contributed by atoms with Gasteiger partial charge in [-0.1, -0.05) is 0 Å². The quantitative estimate of drug-likeness (QED) is 0.269. The van der Waals surface area contributed by atoms with Crippen LogP contribution in [0.1, 0.15) is 19.4 Å². The number of pyridine rings is 2. The standard InChI is InChI=1S/C25H20F4N4O5/c1-3-36-23(34)32-22-20(16-9-12-31-19(21(16)38-22)14-7-10-30-11-8-14)33(24(35)37-4-2)15-5-6-18(26)17(13-15)25(27,28)29/h5-13H,3-4H2,1-2H3,(H,32,34). The van der Waals surface area contributed by atoms with Crippen molar-refractivity contribution >= 4 is 40.4 Å². The van der Waals surface area contributed by atoms with Crippen LogP contribution in [0.2, 0.25) is 0 Å². The van der Waals surface area contributed by atoms with E-state index in [1.54, 1.807) is 19.1 Å². The van der Waals surface area contributed by atoms with Gasteiger partial charge in [-0.2, -0.15) is 13.2 Å². The van der Waals surface area contributed by atoms with Crippen LogP contribution in [-0.2, 0) is 15.7 Å². The van der Waals surface area contributed by atoms with Crippen LogP contribution in [0.25, 0.3) is 22.2 Å². The molecular formula is C25H20F4N4O5. The third-order valence-electron chi connectivity index (χ3n) is 5.21. The van der Waals surface area contributed by atoms with Crippen LogP contribution in [0, 0.1) is 5.82 Å². The van der Waals surface area contributed by atoms with E-state index in [-0.39, 0.29) is 35.8 Å². The van der Waals surface area contributed by atoms with Gasteiger partial charge in [0.25, 0.3) is 0 Å². The van der Waals surface area contributed by atoms with Crippen molar-refractivity contribution in [1.29, 1.82) is 0 Å². The van der Waals surface area contributed by atoms with E-state index >= 15 is 0 Å². The predicted octanol–water partition coefficient (Wildman–Crippen LogP) is 6.91. The third kappa shape index (κ3) is 5.21. The zero-order valence-corrected chi connectivity index (χ0v) is 20.0. The Morgan fingerprint density at radius 2 is 1.74 bits per heavy atom. The summed E-state index contributed by atoms with van der Waals surface area (Å²) in [6.45, 7) is 2.92. The Labute approximate surface area is 213 Å². The maximum absolute atomic E-state index is 14.1. The number of halogens is 4. The highest BCUT2D eigenvalue weighted by molar-refractivity contribution is 6.13. The minimum atomic E-state index is -5.05. The molecule has 0 bridgehead atoms. The van der Waals surface area contributed by atoms with Gasteiger partial charge in [-0.25, -0.2) is 18.9 Å². The van der Waals surface area contributed by atoms with Crippen molar-refractivity contribution in [2.45, 2.75) is 20.0 Å². The summed E-state index contributed by atoms with van der Waals surface area (Å²) in [4.78, 5) is 34.5. The number of amides is 2. The number of nitrogens with zero attached hydrogens (tertiary/aromatic N) is 3. The van der Waals surface area contributed by atoms with Crippen molar-refractivity contribution in [2.75, 3.05) is 23.4 Å². The molecule has 1 N–H and O–H groups in total. The SMILES string of the molecule is CCOC(=O)Nc1oc2c(-c3ccncc3)nccc2c1N(C(=O)OCC)c1ccc(F)c(C(F)(F)F)c1. The van der Waals surface area contributed by atoms with E-state index in [1.807, 2.05) is 0 Å². The van der Waals surface area contributed by atoms with E-state index in [0.29, 0.717) is 23.4 Å². The van der Waals surface area contributed by atoms with Gasteiger partial charge in [0.1, 0.15) is 17.2 Å². The minimum Gasteiger partial charge on any atom is -0.450 e. The lowest BCUT2D eigenvalue weighted by Gasteiger charge is -2.23. The first-order valence-electron chi connectivity index (χ1n) is 11.2. The summed E-state index contributed by atoms with van der Waals surface area (Å²) < 4.78 is 70.6. The molecule has 1 aromatic carbocycles. The molecule has 0 radical (unpaired) electrons. The zero-order valence-electron chi connectivity index (χ0n) is 20.0. The maximum Gasteiger partial charge on any atom is 0.419 e. The number of fused-ring (bicyclic) bond motifs is 1. The van der Waals surface area contributed by atoms with Gasteiger partial charge in [0.05, 0.1) is 29.9 Å². The van der Waals surface area contributed by atoms with Crippen LogP contribution >= 0.6 is 0 Å². The van der Waals surface area contributed by atoms with Gasteiger partial charge in [0.15, 0.2) is 5.58 Å². The number of furan rings is 1. The van der Waals surface area contributed by atoms with Crippen LogP contribution in [0.15, 0.2) is 59.4 Å². The van der Waals surface area contributed by atoms with Crippen LogP contribution < -0.4 is 10.2 Å². The van der Waals surface area contributed by atoms with E-state index in [1.165, 1.54) is 31.6 Å². The Kier molecular flexibility index (Phi) is 7.46. The Morgan fingerprint density at radius 1 is 1.03 bits per heavy atom. The molecule has 0 unspecified atom stereocenters. The van der Waals surface area contributed by atoms with Crippen molar-refractivity contribution in [1.82, 2.24) is 9.97 Å². The molecular weight excluding hydrogens is 512 g/mol. The highest BCUT2D eigenvalue weighted by Crippen LogP contribution is 2.45. The molecule has 0 aliphatic heterocycles.